The van der Waals surface area contributed by atoms with Gasteiger partial charge in [0.2, 0.25) is 0 Å². The third-order valence-corrected chi connectivity index (χ3v) is 2.54. The second kappa shape index (κ2) is 6.23. The van der Waals surface area contributed by atoms with Crippen LogP contribution in [0.15, 0.2) is 12.1 Å². The van der Waals surface area contributed by atoms with Gasteiger partial charge in [0.1, 0.15) is 17.1 Å². The molecule has 0 aliphatic heterocycles. The average Bonchev–Trinajstić information content (AvgIpc) is 2.37. The van der Waals surface area contributed by atoms with Crippen LogP contribution in [0.25, 0.3) is 0 Å². The fraction of sp³-hybridized carbons (Fsp3) is 0.417. The first-order valence-corrected chi connectivity index (χ1v) is 5.37. The molecule has 0 aromatic heterocycles. The lowest BCUT2D eigenvalue weighted by atomic mass is 10.0. The van der Waals surface area contributed by atoms with Crippen molar-refractivity contribution in [3.63, 3.8) is 0 Å². The van der Waals surface area contributed by atoms with Gasteiger partial charge in [0.25, 0.3) is 0 Å². The van der Waals surface area contributed by atoms with Crippen molar-refractivity contribution in [1.82, 2.24) is 5.32 Å². The van der Waals surface area contributed by atoms with E-state index >= 15 is 0 Å². The maximum Gasteiger partial charge on any atom is 0.339 e. The number of nitrogens with one attached hydrogen (secondary N) is 1. The van der Waals surface area contributed by atoms with E-state index in [9.17, 15) is 9.90 Å². The molecule has 0 fully saturated rings. The average molecular weight is 255 g/mol. The number of rotatable bonds is 6. The lowest BCUT2D eigenvalue weighted by Crippen LogP contribution is -2.18. The van der Waals surface area contributed by atoms with Crippen LogP contribution < -0.4 is 14.8 Å². The highest BCUT2D eigenvalue weighted by Crippen LogP contribution is 2.32. The Morgan fingerprint density at radius 3 is 2.39 bits per heavy atom. The summed E-state index contributed by atoms with van der Waals surface area (Å²) in [6.45, 7) is 0.293. The molecule has 1 unspecified atom stereocenters. The highest BCUT2D eigenvalue weighted by atomic mass is 16.5. The van der Waals surface area contributed by atoms with E-state index in [0.29, 0.717) is 17.9 Å². The molecule has 18 heavy (non-hydrogen) atoms. The van der Waals surface area contributed by atoms with Crippen LogP contribution in [-0.2, 0) is 0 Å². The summed E-state index contributed by atoms with van der Waals surface area (Å²) in [5, 5.41) is 21.8. The molecule has 0 aliphatic rings. The molecule has 0 bridgehead atoms. The van der Waals surface area contributed by atoms with E-state index in [-0.39, 0.29) is 11.3 Å². The molecule has 0 saturated carbocycles. The predicted octanol–water partition coefficient (Wildman–Crippen LogP) is 0.655. The van der Waals surface area contributed by atoms with Gasteiger partial charge < -0.3 is 25.0 Å². The fourth-order valence-electron chi connectivity index (χ4n) is 1.65. The summed E-state index contributed by atoms with van der Waals surface area (Å²) in [5.74, 6) is -0.535. The van der Waals surface area contributed by atoms with E-state index < -0.39 is 12.1 Å². The van der Waals surface area contributed by atoms with E-state index in [2.05, 4.69) is 5.32 Å². The zero-order valence-electron chi connectivity index (χ0n) is 10.6. The van der Waals surface area contributed by atoms with Gasteiger partial charge >= 0.3 is 5.97 Å². The molecule has 0 heterocycles. The van der Waals surface area contributed by atoms with E-state index in [0.717, 1.165) is 0 Å². The fourth-order valence-corrected chi connectivity index (χ4v) is 1.65. The first kappa shape index (κ1) is 14.3. The summed E-state index contributed by atoms with van der Waals surface area (Å²) in [4.78, 5) is 11.1. The lowest BCUT2D eigenvalue weighted by Gasteiger charge is -2.17. The molecule has 1 aromatic rings. The Morgan fingerprint density at radius 2 is 1.94 bits per heavy atom. The molecule has 0 aliphatic carbocycles. The Hall–Kier alpha value is -1.79. The normalized spacial score (nSPS) is 12.0. The Balaban J connectivity index is 3.31. The topological polar surface area (TPSA) is 88.0 Å². The second-order valence-electron chi connectivity index (χ2n) is 3.67. The molecule has 1 atom stereocenters. The van der Waals surface area contributed by atoms with Crippen molar-refractivity contribution in [1.29, 1.82) is 0 Å². The predicted molar refractivity (Wildman–Crippen MR) is 65.4 cm³/mol. The number of likely N-dealkylation sites (N-methyl/N-ethyl adjacent to an activating group) is 1. The van der Waals surface area contributed by atoms with Crippen molar-refractivity contribution in [2.75, 3.05) is 27.8 Å². The molecule has 6 heteroatoms. The standard InChI is InChI=1S/C12H17NO5/c1-13-6-9(14)7-4-8(12(15)16)11(18-3)5-10(7)17-2/h4-5,9,13-14H,6H2,1-3H3,(H,15,16). The molecule has 0 saturated heterocycles. The Morgan fingerprint density at radius 1 is 1.33 bits per heavy atom. The number of benzene rings is 1. The molecule has 3 N–H and O–H groups in total. The van der Waals surface area contributed by atoms with Crippen LogP contribution in [0.4, 0.5) is 0 Å². The molecule has 0 spiro atoms. The lowest BCUT2D eigenvalue weighted by molar-refractivity contribution is 0.0693. The molecular weight excluding hydrogens is 238 g/mol. The Labute approximate surface area is 105 Å². The zero-order valence-corrected chi connectivity index (χ0v) is 10.6. The van der Waals surface area contributed by atoms with Gasteiger partial charge in [-0.1, -0.05) is 0 Å². The number of carboxylic acid groups (broad SMARTS) is 1. The van der Waals surface area contributed by atoms with Crippen LogP contribution in [0, 0.1) is 0 Å². The van der Waals surface area contributed by atoms with Gasteiger partial charge in [0.05, 0.1) is 20.3 Å². The number of ether oxygens (including phenoxy) is 2. The summed E-state index contributed by atoms with van der Waals surface area (Å²) in [5.41, 5.74) is 0.397. The monoisotopic (exact) mass is 255 g/mol. The first-order valence-electron chi connectivity index (χ1n) is 5.37. The third kappa shape index (κ3) is 2.91. The summed E-state index contributed by atoms with van der Waals surface area (Å²) >= 11 is 0. The maximum atomic E-state index is 11.1. The highest BCUT2D eigenvalue weighted by Gasteiger charge is 2.20. The van der Waals surface area contributed by atoms with Crippen molar-refractivity contribution >= 4 is 5.97 Å². The number of carboxylic acids is 1. The van der Waals surface area contributed by atoms with E-state index in [1.165, 1.54) is 26.4 Å². The molecule has 0 radical (unpaired) electrons. The van der Waals surface area contributed by atoms with Gasteiger partial charge in [-0.3, -0.25) is 0 Å². The molecule has 1 aromatic carbocycles. The first-order chi connectivity index (χ1) is 8.54. The van der Waals surface area contributed by atoms with Gasteiger partial charge in [0.15, 0.2) is 0 Å². The third-order valence-electron chi connectivity index (χ3n) is 2.54. The largest absolute Gasteiger partial charge is 0.496 e. The van der Waals surface area contributed by atoms with Gasteiger partial charge in [-0.2, -0.15) is 0 Å². The number of aromatic carboxylic acids is 1. The van der Waals surface area contributed by atoms with Crippen LogP contribution in [0.3, 0.4) is 0 Å². The Kier molecular flexibility index (Phi) is 4.94. The summed E-state index contributed by atoms with van der Waals surface area (Å²) in [7, 11) is 4.52. The van der Waals surface area contributed by atoms with E-state index in [4.69, 9.17) is 14.6 Å². The van der Waals surface area contributed by atoms with Crippen molar-refractivity contribution < 1.29 is 24.5 Å². The van der Waals surface area contributed by atoms with Crippen LogP contribution in [0.1, 0.15) is 22.0 Å². The van der Waals surface area contributed by atoms with Crippen molar-refractivity contribution in [2.24, 2.45) is 0 Å². The number of carbonyl (C=O) groups is 1. The molecule has 6 nitrogen and oxygen atoms in total. The van der Waals surface area contributed by atoms with Crippen LogP contribution in [0.2, 0.25) is 0 Å². The minimum absolute atomic E-state index is 0.0107. The van der Waals surface area contributed by atoms with E-state index in [1.54, 1.807) is 7.05 Å². The summed E-state index contributed by atoms with van der Waals surface area (Å²) < 4.78 is 10.1. The molecule has 1 rings (SSSR count). The maximum absolute atomic E-state index is 11.1. The van der Waals surface area contributed by atoms with Crippen molar-refractivity contribution in [3.8, 4) is 11.5 Å². The zero-order chi connectivity index (χ0) is 13.7. The van der Waals surface area contributed by atoms with Gasteiger partial charge in [-0.25, -0.2) is 4.79 Å². The van der Waals surface area contributed by atoms with Gasteiger partial charge in [0, 0.05) is 18.2 Å². The molecular formula is C12H17NO5. The quantitative estimate of drug-likeness (QED) is 0.692. The van der Waals surface area contributed by atoms with Crippen molar-refractivity contribution in [3.05, 3.63) is 23.3 Å². The van der Waals surface area contributed by atoms with E-state index in [1.807, 2.05) is 0 Å². The van der Waals surface area contributed by atoms with Gasteiger partial charge in [-0.05, 0) is 13.1 Å². The van der Waals surface area contributed by atoms with Crippen LogP contribution in [-0.4, -0.2) is 44.0 Å². The highest BCUT2D eigenvalue weighted by molar-refractivity contribution is 5.91. The molecule has 100 valence electrons. The SMILES string of the molecule is CNCC(O)c1cc(C(=O)O)c(OC)cc1OC. The Bertz CT molecular complexity index is 433. The number of aliphatic hydroxyl groups is 1. The van der Waals surface area contributed by atoms with Crippen LogP contribution in [0.5, 0.6) is 11.5 Å². The smallest absolute Gasteiger partial charge is 0.339 e. The van der Waals surface area contributed by atoms with Gasteiger partial charge in [-0.15, -0.1) is 0 Å². The minimum atomic E-state index is -1.12. The summed E-state index contributed by atoms with van der Waals surface area (Å²) in [6, 6.07) is 2.82. The molecule has 0 amide bonds. The minimum Gasteiger partial charge on any atom is -0.496 e. The number of hydrogen-bond acceptors (Lipinski definition) is 5. The van der Waals surface area contributed by atoms with Crippen LogP contribution >= 0.6 is 0 Å². The number of hydrogen-bond donors (Lipinski definition) is 3. The number of aliphatic hydroxyl groups excluding tert-OH is 1. The second-order valence-corrected chi connectivity index (χ2v) is 3.67. The number of methoxy groups -OCH3 is 2. The van der Waals surface area contributed by atoms with Crippen molar-refractivity contribution in [2.45, 2.75) is 6.10 Å². The summed E-state index contributed by atoms with van der Waals surface area (Å²) in [6.07, 6.45) is -0.853.